The molecule has 3 aliphatic rings. The van der Waals surface area contributed by atoms with Gasteiger partial charge in [0.2, 0.25) is 5.54 Å². The van der Waals surface area contributed by atoms with Crippen LogP contribution in [0.4, 0.5) is 4.79 Å². The minimum atomic E-state index is -1.58. The molecule has 0 aliphatic carbocycles. The lowest BCUT2D eigenvalue weighted by Crippen LogP contribution is -2.54. The second-order valence-electron chi connectivity index (χ2n) is 8.36. The first kappa shape index (κ1) is 22.9. The van der Waals surface area contributed by atoms with Crippen molar-refractivity contribution in [2.24, 2.45) is 0 Å². The first-order valence-electron chi connectivity index (χ1n) is 11.0. The number of carbonyl (C=O) groups is 3. The smallest absolute Gasteiger partial charge is 0.323 e. The largest absolute Gasteiger partial charge is 0.497 e. The Hall–Kier alpha value is -3.88. The van der Waals surface area contributed by atoms with Gasteiger partial charge in [0.1, 0.15) is 11.6 Å². The maximum absolute atomic E-state index is 13.0. The molecule has 35 heavy (non-hydrogen) atoms. The number of nitrogens with zero attached hydrogens (tertiary/aromatic N) is 2. The summed E-state index contributed by atoms with van der Waals surface area (Å²) < 4.78 is 10.6. The average Bonchev–Trinajstić information content (AvgIpc) is 3.54. The molecule has 0 saturated carbocycles. The zero-order chi connectivity index (χ0) is 24.6. The van der Waals surface area contributed by atoms with Crippen molar-refractivity contribution in [1.82, 2.24) is 20.4 Å². The number of nitrogens with one attached hydrogen (secondary N) is 3. The monoisotopic (exact) mass is 493 g/mol. The van der Waals surface area contributed by atoms with Crippen molar-refractivity contribution in [3.8, 4) is 17.6 Å². The number of morpholine rings is 1. The molecule has 5 rings (SSSR count). The molecule has 4 amide bonds. The van der Waals surface area contributed by atoms with E-state index in [0.29, 0.717) is 54.9 Å². The lowest BCUT2D eigenvalue weighted by atomic mass is 9.99. The molecule has 0 bridgehead atoms. The van der Waals surface area contributed by atoms with Gasteiger partial charge in [0.15, 0.2) is 0 Å². The Kier molecular flexibility index (Phi) is 5.92. The van der Waals surface area contributed by atoms with Crippen LogP contribution in [-0.2, 0) is 16.1 Å². The number of methoxy groups -OCH3 is 1. The van der Waals surface area contributed by atoms with Crippen molar-refractivity contribution in [3.63, 3.8) is 0 Å². The van der Waals surface area contributed by atoms with Crippen LogP contribution in [0, 0.1) is 17.3 Å². The molecule has 3 N–H and O–H groups in total. The lowest BCUT2D eigenvalue weighted by molar-refractivity contribution is -0.122. The quantitative estimate of drug-likeness (QED) is 0.253. The third kappa shape index (κ3) is 4.34. The zero-order valence-corrected chi connectivity index (χ0v) is 19.8. The van der Waals surface area contributed by atoms with Crippen molar-refractivity contribution in [2.45, 2.75) is 12.1 Å². The molecule has 0 unspecified atom stereocenters. The molecule has 11 heteroatoms. The molecule has 0 spiro atoms. The number of amidine groups is 1. The lowest BCUT2D eigenvalue weighted by Gasteiger charge is -2.28. The zero-order valence-electron chi connectivity index (χ0n) is 19.0. The summed E-state index contributed by atoms with van der Waals surface area (Å²) in [7, 11) is 1.53. The third-order valence-corrected chi connectivity index (χ3v) is 7.14. The third-order valence-electron chi connectivity index (χ3n) is 6.13. The molecule has 1 atom stereocenters. The fraction of sp³-hybridized carbons (Fsp3) is 0.333. The van der Waals surface area contributed by atoms with Gasteiger partial charge >= 0.3 is 6.03 Å². The van der Waals surface area contributed by atoms with Crippen LogP contribution in [0.1, 0.15) is 25.7 Å². The van der Waals surface area contributed by atoms with E-state index in [0.717, 1.165) is 10.4 Å². The number of ether oxygens (including phenoxy) is 2. The minimum Gasteiger partial charge on any atom is -0.497 e. The van der Waals surface area contributed by atoms with E-state index < -0.39 is 17.5 Å². The molecular formula is C24H23N5O5S. The number of imide groups is 1. The topological polar surface area (TPSA) is 124 Å². The Bertz CT molecular complexity index is 1290. The molecule has 0 radical (unpaired) electrons. The van der Waals surface area contributed by atoms with E-state index in [1.165, 1.54) is 23.3 Å². The SMILES string of the molecule is COc1ccc2c(c1)C(=O)N(C[C@@]1(C#Cc3ccc(C(=N)N4CCOCC4)s3)NC(=O)NC1=O)C2. The van der Waals surface area contributed by atoms with Crippen LogP contribution in [0.15, 0.2) is 30.3 Å². The summed E-state index contributed by atoms with van der Waals surface area (Å²) in [5.74, 6) is 6.01. The number of fused-ring (bicyclic) bond motifs is 1. The highest BCUT2D eigenvalue weighted by Crippen LogP contribution is 2.28. The van der Waals surface area contributed by atoms with Gasteiger partial charge in [-0.05, 0) is 29.8 Å². The minimum absolute atomic E-state index is 0.102. The number of urea groups is 1. The van der Waals surface area contributed by atoms with E-state index in [1.807, 2.05) is 17.0 Å². The summed E-state index contributed by atoms with van der Waals surface area (Å²) in [4.78, 5) is 42.7. The Morgan fingerprint density at radius 2 is 2.03 bits per heavy atom. The second kappa shape index (κ2) is 9.05. The Labute approximate surface area is 205 Å². The van der Waals surface area contributed by atoms with E-state index in [2.05, 4.69) is 22.5 Å². The predicted molar refractivity (Wildman–Crippen MR) is 128 cm³/mol. The molecule has 2 aromatic rings. The molecule has 1 aromatic heterocycles. The summed E-state index contributed by atoms with van der Waals surface area (Å²) in [6, 6.07) is 8.21. The standard InChI is InChI=1S/C24H23N5O5S/c1-33-16-3-2-15-13-29(21(30)18(15)12-16)14-24(22(31)26-23(32)27-24)7-6-17-4-5-19(35-17)20(25)28-8-10-34-11-9-28/h2-5,12,25H,8-11,13-14H2,1H3,(H2,26,27,31,32)/t24-/m1/s1. The van der Waals surface area contributed by atoms with Crippen LogP contribution in [0.5, 0.6) is 5.75 Å². The molecule has 2 saturated heterocycles. The van der Waals surface area contributed by atoms with Crippen molar-refractivity contribution in [1.29, 1.82) is 5.41 Å². The van der Waals surface area contributed by atoms with Crippen LogP contribution in [0.25, 0.3) is 0 Å². The number of amides is 4. The number of hydrogen-bond donors (Lipinski definition) is 3. The highest BCUT2D eigenvalue weighted by atomic mass is 32.1. The van der Waals surface area contributed by atoms with Crippen LogP contribution in [0.2, 0.25) is 0 Å². The normalized spacial score (nSPS) is 21.2. The van der Waals surface area contributed by atoms with Crippen molar-refractivity contribution >= 4 is 35.0 Å². The summed E-state index contributed by atoms with van der Waals surface area (Å²) in [5.41, 5.74) is -0.268. The summed E-state index contributed by atoms with van der Waals surface area (Å²) >= 11 is 1.34. The maximum Gasteiger partial charge on any atom is 0.323 e. The first-order valence-corrected chi connectivity index (χ1v) is 11.8. The van der Waals surface area contributed by atoms with Crippen molar-refractivity contribution < 1.29 is 23.9 Å². The number of rotatable bonds is 4. The van der Waals surface area contributed by atoms with Gasteiger partial charge in [0.05, 0.1) is 36.6 Å². The number of thiophene rings is 1. The fourth-order valence-electron chi connectivity index (χ4n) is 4.26. The van der Waals surface area contributed by atoms with Crippen LogP contribution in [-0.4, -0.2) is 79.0 Å². The van der Waals surface area contributed by atoms with Crippen molar-refractivity contribution in [2.75, 3.05) is 40.0 Å². The van der Waals surface area contributed by atoms with Crippen molar-refractivity contribution in [3.05, 3.63) is 51.2 Å². The molecule has 2 fully saturated rings. The summed E-state index contributed by atoms with van der Waals surface area (Å²) in [6.07, 6.45) is 0. The van der Waals surface area contributed by atoms with Crippen LogP contribution < -0.4 is 15.4 Å². The van der Waals surface area contributed by atoms with E-state index in [9.17, 15) is 14.4 Å². The Morgan fingerprint density at radius 1 is 1.23 bits per heavy atom. The van der Waals surface area contributed by atoms with Gasteiger partial charge in [-0.3, -0.25) is 20.3 Å². The molecule has 10 nitrogen and oxygen atoms in total. The number of carbonyl (C=O) groups excluding carboxylic acids is 3. The highest BCUT2D eigenvalue weighted by Gasteiger charge is 2.48. The van der Waals surface area contributed by atoms with Gasteiger partial charge in [0, 0.05) is 25.2 Å². The van der Waals surface area contributed by atoms with E-state index in [-0.39, 0.29) is 12.5 Å². The summed E-state index contributed by atoms with van der Waals surface area (Å²) in [5, 5.41) is 13.3. The molecule has 3 aliphatic heterocycles. The van der Waals surface area contributed by atoms with E-state index >= 15 is 0 Å². The van der Waals surface area contributed by atoms with Crippen LogP contribution in [0.3, 0.4) is 0 Å². The number of benzene rings is 1. The Morgan fingerprint density at radius 3 is 2.74 bits per heavy atom. The first-order chi connectivity index (χ1) is 16.9. The molecule has 1 aromatic carbocycles. The predicted octanol–water partition coefficient (Wildman–Crippen LogP) is 1.000. The average molecular weight is 494 g/mol. The van der Waals surface area contributed by atoms with Crippen LogP contribution >= 0.6 is 11.3 Å². The van der Waals surface area contributed by atoms with E-state index in [4.69, 9.17) is 14.9 Å². The summed E-state index contributed by atoms with van der Waals surface area (Å²) in [6.45, 7) is 2.68. The molecular weight excluding hydrogens is 470 g/mol. The van der Waals surface area contributed by atoms with Gasteiger partial charge in [-0.15, -0.1) is 11.3 Å². The fourth-order valence-corrected chi connectivity index (χ4v) is 5.09. The van der Waals surface area contributed by atoms with Gasteiger partial charge in [-0.25, -0.2) is 4.79 Å². The highest BCUT2D eigenvalue weighted by molar-refractivity contribution is 7.14. The van der Waals surface area contributed by atoms with Gasteiger partial charge < -0.3 is 24.6 Å². The molecule has 4 heterocycles. The maximum atomic E-state index is 13.0. The molecule has 180 valence electrons. The van der Waals surface area contributed by atoms with Gasteiger partial charge in [0.25, 0.3) is 11.8 Å². The van der Waals surface area contributed by atoms with E-state index in [1.54, 1.807) is 18.2 Å². The number of hydrogen-bond acceptors (Lipinski definition) is 7. The van der Waals surface area contributed by atoms with Gasteiger partial charge in [-0.2, -0.15) is 0 Å². The second-order valence-corrected chi connectivity index (χ2v) is 9.44. The van der Waals surface area contributed by atoms with Gasteiger partial charge in [-0.1, -0.05) is 17.9 Å². The Balaban J connectivity index is 1.38.